The predicted molar refractivity (Wildman–Crippen MR) is 103 cm³/mol. The quantitative estimate of drug-likeness (QED) is 0.800. The Morgan fingerprint density at radius 3 is 2.52 bits per heavy atom. The van der Waals surface area contributed by atoms with Crippen LogP contribution in [0.3, 0.4) is 0 Å². The summed E-state index contributed by atoms with van der Waals surface area (Å²) in [5.74, 6) is 1.87. The normalized spacial score (nSPS) is 34.5. The molecule has 2 unspecified atom stereocenters. The number of nitrogens with zero attached hydrogens (tertiary/aromatic N) is 2. The summed E-state index contributed by atoms with van der Waals surface area (Å²) in [5, 5.41) is 18.7. The molecule has 1 amide bonds. The molecule has 6 nitrogen and oxygen atoms in total. The summed E-state index contributed by atoms with van der Waals surface area (Å²) in [6.45, 7) is 8.79. The molecule has 4 bridgehead atoms. The van der Waals surface area contributed by atoms with Crippen LogP contribution in [0.15, 0.2) is 6.20 Å². The molecule has 6 heteroatoms. The number of ether oxygens (including phenoxy) is 1. The minimum atomic E-state index is -0.587. The Balaban J connectivity index is 1.57. The number of amides is 1. The fraction of sp³-hybridized carbons (Fsp3) is 0.810. The summed E-state index contributed by atoms with van der Waals surface area (Å²) in [4.78, 5) is 13.2. The molecule has 4 aliphatic carbocycles. The van der Waals surface area contributed by atoms with Gasteiger partial charge >= 0.3 is 0 Å². The topological polar surface area (TPSA) is 76.4 Å². The molecule has 27 heavy (non-hydrogen) atoms. The highest BCUT2D eigenvalue weighted by molar-refractivity contribution is 5.96. The zero-order valence-electron chi connectivity index (χ0n) is 17.0. The largest absolute Gasteiger partial charge is 0.477 e. The summed E-state index contributed by atoms with van der Waals surface area (Å²) < 4.78 is 7.77. The lowest BCUT2D eigenvalue weighted by atomic mass is 9.51. The molecule has 0 spiro atoms. The molecule has 0 aromatic carbocycles. The summed E-state index contributed by atoms with van der Waals surface area (Å²) in [7, 11) is 0. The van der Waals surface area contributed by atoms with E-state index < -0.39 is 5.60 Å². The zero-order chi connectivity index (χ0) is 19.4. The first kappa shape index (κ1) is 18.8. The van der Waals surface area contributed by atoms with Gasteiger partial charge in [0, 0.05) is 5.54 Å². The number of rotatable bonds is 6. The molecule has 2 atom stereocenters. The van der Waals surface area contributed by atoms with Gasteiger partial charge < -0.3 is 15.2 Å². The first-order valence-electron chi connectivity index (χ1n) is 10.4. The van der Waals surface area contributed by atoms with Crippen molar-refractivity contribution in [1.29, 1.82) is 0 Å². The van der Waals surface area contributed by atoms with Crippen LogP contribution in [0.4, 0.5) is 0 Å². The van der Waals surface area contributed by atoms with E-state index in [2.05, 4.69) is 24.3 Å². The lowest BCUT2D eigenvalue weighted by Crippen LogP contribution is -2.65. The van der Waals surface area contributed by atoms with Gasteiger partial charge in [0.15, 0.2) is 0 Å². The molecule has 0 aliphatic heterocycles. The van der Waals surface area contributed by atoms with Crippen molar-refractivity contribution in [2.24, 2.45) is 17.8 Å². The van der Waals surface area contributed by atoms with Crippen LogP contribution in [-0.4, -0.2) is 38.5 Å². The lowest BCUT2D eigenvalue weighted by molar-refractivity contribution is -0.139. The number of nitrogens with one attached hydrogen (secondary N) is 1. The van der Waals surface area contributed by atoms with Gasteiger partial charge in [-0.05, 0) is 70.1 Å². The van der Waals surface area contributed by atoms with Gasteiger partial charge in [-0.2, -0.15) is 5.10 Å². The van der Waals surface area contributed by atoms with Crippen molar-refractivity contribution < 1.29 is 14.6 Å². The fourth-order valence-corrected chi connectivity index (χ4v) is 5.93. The Labute approximate surface area is 161 Å². The molecule has 5 rings (SSSR count). The van der Waals surface area contributed by atoms with Crippen LogP contribution in [0, 0.1) is 17.8 Å². The standard InChI is InChI=1S/C21H33N3O3/c1-13(2)11-27-19-17(10-22-24(19)14(3)4)18(25)23-20-6-15-5-16(7-20)9-21(26,8-15)12-20/h10,13-16,26H,5-9,11-12H2,1-4H3,(H,23,25). The second-order valence-corrected chi connectivity index (χ2v) is 10.0. The summed E-state index contributed by atoms with van der Waals surface area (Å²) in [5.41, 5.74) is -0.353. The Kier molecular flexibility index (Phi) is 4.53. The molecule has 0 radical (unpaired) electrons. The van der Waals surface area contributed by atoms with Gasteiger partial charge in [-0.15, -0.1) is 0 Å². The van der Waals surface area contributed by atoms with Crippen molar-refractivity contribution in [3.05, 3.63) is 11.8 Å². The van der Waals surface area contributed by atoms with Gasteiger partial charge in [-0.1, -0.05) is 13.8 Å². The molecule has 150 valence electrons. The van der Waals surface area contributed by atoms with Crippen molar-refractivity contribution >= 4 is 5.91 Å². The first-order chi connectivity index (χ1) is 12.7. The van der Waals surface area contributed by atoms with Crippen molar-refractivity contribution in [2.75, 3.05) is 6.61 Å². The van der Waals surface area contributed by atoms with E-state index in [1.54, 1.807) is 10.9 Å². The molecule has 4 aliphatic rings. The van der Waals surface area contributed by atoms with E-state index in [9.17, 15) is 9.90 Å². The number of aliphatic hydroxyl groups is 1. The number of hydrogen-bond donors (Lipinski definition) is 2. The predicted octanol–water partition coefficient (Wildman–Crippen LogP) is 3.31. The number of aromatic nitrogens is 2. The van der Waals surface area contributed by atoms with Gasteiger partial charge in [0.2, 0.25) is 5.88 Å². The molecule has 2 N–H and O–H groups in total. The van der Waals surface area contributed by atoms with Gasteiger partial charge in [0.25, 0.3) is 5.91 Å². The Morgan fingerprint density at radius 1 is 1.30 bits per heavy atom. The number of carbonyl (C=O) groups is 1. The van der Waals surface area contributed by atoms with Gasteiger partial charge in [-0.25, -0.2) is 4.68 Å². The molecule has 1 aromatic rings. The first-order valence-corrected chi connectivity index (χ1v) is 10.4. The highest BCUT2D eigenvalue weighted by atomic mass is 16.5. The Hall–Kier alpha value is -1.56. The van der Waals surface area contributed by atoms with Crippen LogP contribution in [0.25, 0.3) is 0 Å². The number of carbonyl (C=O) groups excluding carboxylic acids is 1. The van der Waals surface area contributed by atoms with Crippen molar-refractivity contribution in [2.45, 2.75) is 83.4 Å². The van der Waals surface area contributed by atoms with E-state index in [4.69, 9.17) is 4.74 Å². The monoisotopic (exact) mass is 375 g/mol. The van der Waals surface area contributed by atoms with Gasteiger partial charge in [0.05, 0.1) is 24.4 Å². The minimum Gasteiger partial charge on any atom is -0.477 e. The fourth-order valence-electron chi connectivity index (χ4n) is 5.93. The third-order valence-corrected chi connectivity index (χ3v) is 6.45. The van der Waals surface area contributed by atoms with E-state index in [0.29, 0.717) is 42.2 Å². The molecule has 0 saturated heterocycles. The maximum Gasteiger partial charge on any atom is 0.258 e. The molecule has 1 aromatic heterocycles. The summed E-state index contributed by atoms with van der Waals surface area (Å²) in [6.07, 6.45) is 7.27. The minimum absolute atomic E-state index is 0.119. The molecular weight excluding hydrogens is 342 g/mol. The highest BCUT2D eigenvalue weighted by Gasteiger charge is 2.57. The Bertz CT molecular complexity index is 710. The number of hydrogen-bond acceptors (Lipinski definition) is 4. The van der Waals surface area contributed by atoms with Crippen LogP contribution in [-0.2, 0) is 0 Å². The van der Waals surface area contributed by atoms with Crippen molar-refractivity contribution in [3.8, 4) is 5.88 Å². The maximum atomic E-state index is 13.2. The zero-order valence-corrected chi connectivity index (χ0v) is 17.0. The molecule has 4 saturated carbocycles. The summed E-state index contributed by atoms with van der Waals surface area (Å²) in [6, 6.07) is 0.119. The van der Waals surface area contributed by atoms with E-state index >= 15 is 0 Å². The molecular formula is C21H33N3O3. The van der Waals surface area contributed by atoms with Crippen LogP contribution in [0.2, 0.25) is 0 Å². The van der Waals surface area contributed by atoms with E-state index in [0.717, 1.165) is 25.7 Å². The van der Waals surface area contributed by atoms with E-state index in [1.807, 2.05) is 13.8 Å². The van der Waals surface area contributed by atoms with Crippen LogP contribution >= 0.6 is 0 Å². The van der Waals surface area contributed by atoms with Crippen molar-refractivity contribution in [3.63, 3.8) is 0 Å². The molecule has 1 heterocycles. The lowest BCUT2D eigenvalue weighted by Gasteiger charge is -2.60. The van der Waals surface area contributed by atoms with Crippen LogP contribution in [0.1, 0.15) is 82.6 Å². The van der Waals surface area contributed by atoms with Gasteiger partial charge in [0.1, 0.15) is 5.56 Å². The van der Waals surface area contributed by atoms with Crippen LogP contribution < -0.4 is 10.1 Å². The molecule has 4 fully saturated rings. The van der Waals surface area contributed by atoms with Crippen molar-refractivity contribution in [1.82, 2.24) is 15.1 Å². The maximum absolute atomic E-state index is 13.2. The third kappa shape index (κ3) is 3.48. The average molecular weight is 376 g/mol. The Morgan fingerprint density at radius 2 is 1.96 bits per heavy atom. The van der Waals surface area contributed by atoms with E-state index in [-0.39, 0.29) is 17.5 Å². The van der Waals surface area contributed by atoms with Crippen LogP contribution in [0.5, 0.6) is 5.88 Å². The third-order valence-electron chi connectivity index (χ3n) is 6.45. The second kappa shape index (κ2) is 6.50. The SMILES string of the molecule is CC(C)COc1c(C(=O)NC23CC4CC(CC(O)(C4)C2)C3)cnn1C(C)C. The second-order valence-electron chi connectivity index (χ2n) is 10.0. The average Bonchev–Trinajstić information content (AvgIpc) is 2.94. The highest BCUT2D eigenvalue weighted by Crippen LogP contribution is 2.57. The summed E-state index contributed by atoms with van der Waals surface area (Å²) >= 11 is 0. The van der Waals surface area contributed by atoms with Gasteiger partial charge in [-0.3, -0.25) is 4.79 Å². The smallest absolute Gasteiger partial charge is 0.258 e. The van der Waals surface area contributed by atoms with E-state index in [1.165, 1.54) is 6.42 Å².